The molecular formula is C33H30N2O5. The van der Waals surface area contributed by atoms with Gasteiger partial charge in [0.25, 0.3) is 0 Å². The average molecular weight is 535 g/mol. The maximum Gasteiger partial charge on any atom is 0.407 e. The van der Waals surface area contributed by atoms with Gasteiger partial charge in [-0.3, -0.25) is 0 Å². The highest BCUT2D eigenvalue weighted by Crippen LogP contribution is 2.44. The molecule has 0 radical (unpaired) electrons. The van der Waals surface area contributed by atoms with E-state index in [0.717, 1.165) is 27.8 Å². The van der Waals surface area contributed by atoms with Crippen LogP contribution in [0.15, 0.2) is 97.1 Å². The lowest BCUT2D eigenvalue weighted by Gasteiger charge is -2.20. The van der Waals surface area contributed by atoms with E-state index in [9.17, 15) is 20.3 Å². The number of ether oxygens (including phenoxy) is 2. The molecule has 5 rings (SSSR count). The van der Waals surface area contributed by atoms with Gasteiger partial charge in [-0.15, -0.1) is 0 Å². The van der Waals surface area contributed by atoms with E-state index in [1.165, 1.54) is 0 Å². The third kappa shape index (κ3) is 5.99. The number of aliphatic hydroxyl groups excluding tert-OH is 2. The zero-order valence-corrected chi connectivity index (χ0v) is 21.9. The molecule has 0 heterocycles. The van der Waals surface area contributed by atoms with Crippen molar-refractivity contribution in [1.82, 2.24) is 5.32 Å². The standard InChI is InChI=1S/C33H30N2O5/c34-19-24-15-14-23(18-31(24)39-20-22-8-2-1-3-9-22)32(37)30(36)16-17-35-33(38)40-21-29-27-12-6-4-10-25(27)26-11-5-7-13-28(26)29/h1-15,18,29-30,32,36-37H,16-17,20-21H2,(H,35,38). The van der Waals surface area contributed by atoms with E-state index in [1.807, 2.05) is 54.6 Å². The van der Waals surface area contributed by atoms with Crippen molar-refractivity contribution < 1.29 is 24.5 Å². The van der Waals surface area contributed by atoms with E-state index >= 15 is 0 Å². The van der Waals surface area contributed by atoms with E-state index in [-0.39, 0.29) is 32.1 Å². The number of fused-ring (bicyclic) bond motifs is 3. The van der Waals surface area contributed by atoms with Crippen LogP contribution in [0.1, 0.15) is 46.3 Å². The minimum absolute atomic E-state index is 0.0414. The molecule has 0 saturated heterocycles. The highest BCUT2D eigenvalue weighted by Gasteiger charge is 2.29. The molecule has 0 fully saturated rings. The first-order valence-electron chi connectivity index (χ1n) is 13.2. The van der Waals surface area contributed by atoms with Crippen LogP contribution in [0.3, 0.4) is 0 Å². The summed E-state index contributed by atoms with van der Waals surface area (Å²) >= 11 is 0. The molecule has 40 heavy (non-hydrogen) atoms. The van der Waals surface area contributed by atoms with E-state index < -0.39 is 18.3 Å². The minimum Gasteiger partial charge on any atom is -0.488 e. The highest BCUT2D eigenvalue weighted by atomic mass is 16.5. The van der Waals surface area contributed by atoms with E-state index in [0.29, 0.717) is 16.9 Å². The first-order chi connectivity index (χ1) is 19.5. The van der Waals surface area contributed by atoms with Gasteiger partial charge in [0.15, 0.2) is 0 Å². The molecule has 0 aliphatic heterocycles. The number of nitrogens with zero attached hydrogens (tertiary/aromatic N) is 1. The number of nitrogens with one attached hydrogen (secondary N) is 1. The van der Waals surface area contributed by atoms with E-state index in [2.05, 4.69) is 35.7 Å². The van der Waals surface area contributed by atoms with Gasteiger partial charge >= 0.3 is 6.09 Å². The Hall–Kier alpha value is -4.64. The molecule has 1 amide bonds. The lowest BCUT2D eigenvalue weighted by molar-refractivity contribution is 0.0135. The minimum atomic E-state index is -1.23. The number of hydrogen-bond donors (Lipinski definition) is 3. The Labute approximate surface area is 233 Å². The van der Waals surface area contributed by atoms with Crippen molar-refractivity contribution in [3.8, 4) is 22.9 Å². The quantitative estimate of drug-likeness (QED) is 0.249. The number of benzene rings is 4. The van der Waals surface area contributed by atoms with Gasteiger partial charge in [-0.2, -0.15) is 5.26 Å². The summed E-state index contributed by atoms with van der Waals surface area (Å²) in [7, 11) is 0. The van der Waals surface area contributed by atoms with Crippen LogP contribution in [0.2, 0.25) is 0 Å². The van der Waals surface area contributed by atoms with Crippen LogP contribution in [-0.4, -0.2) is 35.6 Å². The third-order valence-electron chi connectivity index (χ3n) is 7.12. The second kappa shape index (κ2) is 12.5. The van der Waals surface area contributed by atoms with E-state index in [4.69, 9.17) is 9.47 Å². The number of hydrogen-bond acceptors (Lipinski definition) is 6. The molecule has 202 valence electrons. The molecule has 7 nitrogen and oxygen atoms in total. The number of rotatable bonds is 10. The number of aliphatic hydroxyl groups is 2. The zero-order chi connectivity index (χ0) is 27.9. The summed E-state index contributed by atoms with van der Waals surface area (Å²) in [4.78, 5) is 12.4. The molecule has 0 bridgehead atoms. The van der Waals surface area contributed by atoms with Crippen LogP contribution in [0.4, 0.5) is 4.79 Å². The SMILES string of the molecule is N#Cc1ccc(C(O)C(O)CCNC(=O)OCC2c3ccccc3-c3ccccc32)cc1OCc1ccccc1. The van der Waals surface area contributed by atoms with Crippen molar-refractivity contribution in [1.29, 1.82) is 5.26 Å². The van der Waals surface area contributed by atoms with Crippen LogP contribution in [0, 0.1) is 11.3 Å². The summed E-state index contributed by atoms with van der Waals surface area (Å²) in [5.74, 6) is 0.284. The van der Waals surface area contributed by atoms with Gasteiger partial charge < -0.3 is 25.0 Å². The predicted octanol–water partition coefficient (Wildman–Crippen LogP) is 5.46. The monoisotopic (exact) mass is 534 g/mol. The van der Waals surface area contributed by atoms with Crippen molar-refractivity contribution in [3.05, 3.63) is 125 Å². The van der Waals surface area contributed by atoms with Crippen molar-refractivity contribution in [3.63, 3.8) is 0 Å². The van der Waals surface area contributed by atoms with Crippen molar-refractivity contribution >= 4 is 6.09 Å². The largest absolute Gasteiger partial charge is 0.488 e. The fraction of sp³-hybridized carbons (Fsp3) is 0.212. The van der Waals surface area contributed by atoms with Crippen LogP contribution in [0.5, 0.6) is 5.75 Å². The highest BCUT2D eigenvalue weighted by molar-refractivity contribution is 5.79. The van der Waals surface area contributed by atoms with Gasteiger partial charge in [-0.05, 0) is 51.9 Å². The normalized spacial score (nSPS) is 13.4. The van der Waals surface area contributed by atoms with E-state index in [1.54, 1.807) is 18.2 Å². The molecule has 4 aromatic rings. The lowest BCUT2D eigenvalue weighted by Crippen LogP contribution is -2.30. The summed E-state index contributed by atoms with van der Waals surface area (Å²) in [5.41, 5.74) is 6.25. The molecular weight excluding hydrogens is 504 g/mol. The summed E-state index contributed by atoms with van der Waals surface area (Å²) in [5, 5.41) is 33.4. The van der Waals surface area contributed by atoms with Gasteiger partial charge in [-0.25, -0.2) is 4.79 Å². The summed E-state index contributed by atoms with van der Waals surface area (Å²) in [6, 6.07) is 32.6. The third-order valence-corrected chi connectivity index (χ3v) is 7.12. The maximum atomic E-state index is 12.4. The summed E-state index contributed by atoms with van der Waals surface area (Å²) in [6.45, 7) is 0.576. The number of carbonyl (C=O) groups is 1. The van der Waals surface area contributed by atoms with Crippen molar-refractivity contribution in [2.24, 2.45) is 0 Å². The molecule has 2 unspecified atom stereocenters. The van der Waals surface area contributed by atoms with Crippen LogP contribution in [-0.2, 0) is 11.3 Å². The number of amides is 1. The number of nitriles is 1. The van der Waals surface area contributed by atoms with Gasteiger partial charge in [0.2, 0.25) is 0 Å². The first-order valence-corrected chi connectivity index (χ1v) is 13.2. The van der Waals surface area contributed by atoms with Gasteiger partial charge in [0.1, 0.15) is 31.1 Å². The van der Waals surface area contributed by atoms with Crippen LogP contribution >= 0.6 is 0 Å². The molecule has 0 saturated carbocycles. The summed E-state index contributed by atoms with van der Waals surface area (Å²) < 4.78 is 11.4. The fourth-order valence-electron chi connectivity index (χ4n) is 5.02. The Morgan fingerprint density at radius 2 is 1.55 bits per heavy atom. The molecule has 4 aromatic carbocycles. The Morgan fingerprint density at radius 1 is 0.900 bits per heavy atom. The Balaban J connectivity index is 1.12. The number of alkyl carbamates (subject to hydrolysis) is 1. The smallest absolute Gasteiger partial charge is 0.407 e. The Kier molecular flexibility index (Phi) is 8.41. The second-order valence-corrected chi connectivity index (χ2v) is 9.69. The predicted molar refractivity (Wildman–Crippen MR) is 151 cm³/mol. The fourth-order valence-corrected chi connectivity index (χ4v) is 5.02. The molecule has 0 aromatic heterocycles. The topological polar surface area (TPSA) is 112 Å². The molecule has 2 atom stereocenters. The first kappa shape index (κ1) is 26.9. The number of carbonyl (C=O) groups excluding carboxylic acids is 1. The lowest BCUT2D eigenvalue weighted by atomic mass is 9.98. The van der Waals surface area contributed by atoms with Crippen LogP contribution in [0.25, 0.3) is 11.1 Å². The molecule has 3 N–H and O–H groups in total. The van der Waals surface area contributed by atoms with Gasteiger partial charge in [-0.1, -0.05) is 84.9 Å². The van der Waals surface area contributed by atoms with Gasteiger partial charge in [0.05, 0.1) is 11.7 Å². The second-order valence-electron chi connectivity index (χ2n) is 9.69. The molecule has 1 aliphatic carbocycles. The van der Waals surface area contributed by atoms with Crippen molar-refractivity contribution in [2.75, 3.05) is 13.2 Å². The zero-order valence-electron chi connectivity index (χ0n) is 21.9. The molecule has 0 spiro atoms. The van der Waals surface area contributed by atoms with Gasteiger partial charge in [0, 0.05) is 12.5 Å². The molecule has 7 heteroatoms. The maximum absolute atomic E-state index is 12.4. The summed E-state index contributed by atoms with van der Waals surface area (Å²) in [6.07, 6.45) is -2.86. The Morgan fingerprint density at radius 3 is 2.23 bits per heavy atom. The van der Waals surface area contributed by atoms with Crippen LogP contribution < -0.4 is 10.1 Å². The molecule has 1 aliphatic rings. The van der Waals surface area contributed by atoms with Crippen molar-refractivity contribution in [2.45, 2.75) is 31.2 Å². The Bertz CT molecular complexity index is 1470. The average Bonchev–Trinajstić information content (AvgIpc) is 3.32.